The lowest BCUT2D eigenvalue weighted by Gasteiger charge is -2.25. The molecule has 0 aliphatic carbocycles. The molecule has 1 aromatic heterocycles. The predicted octanol–water partition coefficient (Wildman–Crippen LogP) is 3.62. The van der Waals surface area contributed by atoms with Gasteiger partial charge in [-0.2, -0.15) is 0 Å². The SMILES string of the molecule is CCN(CC)C(=O)CN(C)c1nc(-c2ccccc2)nc2cc(OC)c(OC)cc12. The Labute approximate surface area is 177 Å². The molecule has 0 spiro atoms. The Balaban J connectivity index is 2.15. The molecular weight excluding hydrogens is 380 g/mol. The summed E-state index contributed by atoms with van der Waals surface area (Å²) in [5, 5.41) is 0.794. The molecule has 0 N–H and O–H groups in total. The average Bonchev–Trinajstić information content (AvgIpc) is 2.78. The molecule has 7 nitrogen and oxygen atoms in total. The van der Waals surface area contributed by atoms with Crippen molar-refractivity contribution in [3.63, 3.8) is 0 Å². The Hall–Kier alpha value is -3.35. The van der Waals surface area contributed by atoms with E-state index in [2.05, 4.69) is 0 Å². The lowest BCUT2D eigenvalue weighted by molar-refractivity contribution is -0.129. The zero-order valence-corrected chi connectivity index (χ0v) is 18.2. The highest BCUT2D eigenvalue weighted by atomic mass is 16.5. The van der Waals surface area contributed by atoms with Crippen molar-refractivity contribution in [1.82, 2.24) is 14.9 Å². The first kappa shape index (κ1) is 21.4. The molecular formula is C23H28N4O3. The van der Waals surface area contributed by atoms with Gasteiger partial charge in [0.2, 0.25) is 5.91 Å². The van der Waals surface area contributed by atoms with Crippen molar-refractivity contribution < 1.29 is 14.3 Å². The van der Waals surface area contributed by atoms with Gasteiger partial charge in [0, 0.05) is 37.2 Å². The summed E-state index contributed by atoms with van der Waals surface area (Å²) in [5.74, 6) is 2.49. The van der Waals surface area contributed by atoms with Crippen LogP contribution in [0.1, 0.15) is 13.8 Å². The molecule has 3 aromatic rings. The third-order valence-electron chi connectivity index (χ3n) is 5.06. The van der Waals surface area contributed by atoms with E-state index in [9.17, 15) is 4.79 Å². The van der Waals surface area contributed by atoms with Crippen LogP contribution in [0.25, 0.3) is 22.3 Å². The largest absolute Gasteiger partial charge is 0.493 e. The molecule has 0 aliphatic rings. The van der Waals surface area contributed by atoms with Gasteiger partial charge in [0.05, 0.1) is 26.3 Å². The minimum absolute atomic E-state index is 0.0519. The fraction of sp³-hybridized carbons (Fsp3) is 0.348. The Kier molecular flexibility index (Phi) is 6.72. The summed E-state index contributed by atoms with van der Waals surface area (Å²) in [6.07, 6.45) is 0. The van der Waals surface area contributed by atoms with Gasteiger partial charge in [0.25, 0.3) is 0 Å². The van der Waals surface area contributed by atoms with Gasteiger partial charge in [-0.05, 0) is 19.9 Å². The molecule has 0 fully saturated rings. The molecule has 1 heterocycles. The number of carbonyl (C=O) groups excluding carboxylic acids is 1. The highest BCUT2D eigenvalue weighted by molar-refractivity contribution is 5.95. The van der Waals surface area contributed by atoms with Crippen LogP contribution >= 0.6 is 0 Å². The van der Waals surface area contributed by atoms with Crippen LogP contribution in [0.3, 0.4) is 0 Å². The molecule has 0 radical (unpaired) electrons. The van der Waals surface area contributed by atoms with Crippen molar-refractivity contribution in [2.45, 2.75) is 13.8 Å². The number of anilines is 1. The van der Waals surface area contributed by atoms with Crippen LogP contribution in [0.5, 0.6) is 11.5 Å². The number of carbonyl (C=O) groups is 1. The lowest BCUT2D eigenvalue weighted by Crippen LogP contribution is -2.39. The lowest BCUT2D eigenvalue weighted by atomic mass is 10.1. The van der Waals surface area contributed by atoms with E-state index in [-0.39, 0.29) is 12.5 Å². The number of ether oxygens (including phenoxy) is 2. The molecule has 30 heavy (non-hydrogen) atoms. The summed E-state index contributed by atoms with van der Waals surface area (Å²) in [5.41, 5.74) is 1.62. The van der Waals surface area contributed by atoms with E-state index in [1.165, 1.54) is 0 Å². The first-order valence-electron chi connectivity index (χ1n) is 10.00. The topological polar surface area (TPSA) is 67.8 Å². The number of benzene rings is 2. The van der Waals surface area contributed by atoms with Gasteiger partial charge < -0.3 is 19.3 Å². The zero-order chi connectivity index (χ0) is 21.7. The van der Waals surface area contributed by atoms with Crippen LogP contribution in [-0.2, 0) is 4.79 Å². The van der Waals surface area contributed by atoms with E-state index in [0.29, 0.717) is 36.2 Å². The van der Waals surface area contributed by atoms with Crippen molar-refractivity contribution >= 4 is 22.6 Å². The van der Waals surface area contributed by atoms with Gasteiger partial charge >= 0.3 is 0 Å². The van der Waals surface area contributed by atoms with Gasteiger partial charge in [-0.1, -0.05) is 30.3 Å². The van der Waals surface area contributed by atoms with Crippen molar-refractivity contribution in [3.8, 4) is 22.9 Å². The number of hydrogen-bond donors (Lipinski definition) is 0. The predicted molar refractivity (Wildman–Crippen MR) is 119 cm³/mol. The van der Waals surface area contributed by atoms with Crippen LogP contribution in [0, 0.1) is 0 Å². The first-order chi connectivity index (χ1) is 14.5. The first-order valence-corrected chi connectivity index (χ1v) is 10.00. The number of fused-ring (bicyclic) bond motifs is 1. The smallest absolute Gasteiger partial charge is 0.242 e. The zero-order valence-electron chi connectivity index (χ0n) is 18.2. The summed E-state index contributed by atoms with van der Waals surface area (Å²) >= 11 is 0. The van der Waals surface area contributed by atoms with Crippen LogP contribution in [-0.4, -0.2) is 61.7 Å². The van der Waals surface area contributed by atoms with Crippen molar-refractivity contribution in [2.75, 3.05) is 45.8 Å². The van der Waals surface area contributed by atoms with Crippen molar-refractivity contribution in [1.29, 1.82) is 0 Å². The minimum Gasteiger partial charge on any atom is -0.493 e. The summed E-state index contributed by atoms with van der Waals surface area (Å²) in [6.45, 7) is 5.52. The van der Waals surface area contributed by atoms with E-state index in [1.54, 1.807) is 14.2 Å². The minimum atomic E-state index is 0.0519. The van der Waals surface area contributed by atoms with E-state index in [4.69, 9.17) is 19.4 Å². The second kappa shape index (κ2) is 9.43. The summed E-state index contributed by atoms with van der Waals surface area (Å²) in [7, 11) is 5.06. The van der Waals surface area contributed by atoms with Gasteiger partial charge in [-0.3, -0.25) is 4.79 Å². The summed E-state index contributed by atoms with van der Waals surface area (Å²) < 4.78 is 10.9. The highest BCUT2D eigenvalue weighted by Crippen LogP contribution is 2.36. The van der Waals surface area contributed by atoms with Crippen LogP contribution in [0.2, 0.25) is 0 Å². The molecule has 0 saturated carbocycles. The second-order valence-corrected chi connectivity index (χ2v) is 6.88. The van der Waals surface area contributed by atoms with Crippen molar-refractivity contribution in [2.24, 2.45) is 0 Å². The molecule has 0 bridgehead atoms. The van der Waals surface area contributed by atoms with Gasteiger partial charge in [-0.15, -0.1) is 0 Å². The molecule has 3 rings (SSSR count). The third kappa shape index (κ3) is 4.30. The van der Waals surface area contributed by atoms with Crippen LogP contribution < -0.4 is 14.4 Å². The summed E-state index contributed by atoms with van der Waals surface area (Å²) in [4.78, 5) is 25.9. The fourth-order valence-electron chi connectivity index (χ4n) is 3.40. The van der Waals surface area contributed by atoms with E-state index in [0.717, 1.165) is 16.5 Å². The highest BCUT2D eigenvalue weighted by Gasteiger charge is 2.19. The Bertz CT molecular complexity index is 1020. The Morgan fingerprint density at radius 1 is 0.967 bits per heavy atom. The quantitative estimate of drug-likeness (QED) is 0.567. The monoisotopic (exact) mass is 408 g/mol. The number of methoxy groups -OCH3 is 2. The number of aromatic nitrogens is 2. The van der Waals surface area contributed by atoms with Gasteiger partial charge in [0.1, 0.15) is 5.82 Å². The Morgan fingerprint density at radius 2 is 1.60 bits per heavy atom. The van der Waals surface area contributed by atoms with Gasteiger partial charge in [-0.25, -0.2) is 9.97 Å². The number of nitrogens with zero attached hydrogens (tertiary/aromatic N) is 4. The normalized spacial score (nSPS) is 10.7. The van der Waals surface area contributed by atoms with E-state index >= 15 is 0 Å². The molecule has 7 heteroatoms. The number of likely N-dealkylation sites (N-methyl/N-ethyl adjacent to an activating group) is 2. The maximum Gasteiger partial charge on any atom is 0.242 e. The molecule has 2 aromatic carbocycles. The number of hydrogen-bond acceptors (Lipinski definition) is 6. The molecule has 0 saturated heterocycles. The standard InChI is InChI=1S/C23H28N4O3/c1-6-27(7-2)21(28)15-26(3)23-17-13-19(29-4)20(30-5)14-18(17)24-22(25-23)16-11-9-8-10-12-16/h8-14H,6-7,15H2,1-5H3. The van der Waals surface area contributed by atoms with Crippen molar-refractivity contribution in [3.05, 3.63) is 42.5 Å². The molecule has 0 atom stereocenters. The molecule has 1 amide bonds. The maximum absolute atomic E-state index is 12.7. The maximum atomic E-state index is 12.7. The Morgan fingerprint density at radius 3 is 2.20 bits per heavy atom. The van der Waals surface area contributed by atoms with Crippen LogP contribution in [0.15, 0.2) is 42.5 Å². The third-order valence-corrected chi connectivity index (χ3v) is 5.06. The molecule has 0 aliphatic heterocycles. The van der Waals surface area contributed by atoms with E-state index in [1.807, 2.05) is 73.2 Å². The van der Waals surface area contributed by atoms with Crippen LogP contribution in [0.4, 0.5) is 5.82 Å². The molecule has 0 unspecified atom stereocenters. The second-order valence-electron chi connectivity index (χ2n) is 6.88. The average molecular weight is 409 g/mol. The van der Waals surface area contributed by atoms with E-state index < -0.39 is 0 Å². The fourth-order valence-corrected chi connectivity index (χ4v) is 3.40. The number of rotatable bonds is 8. The van der Waals surface area contributed by atoms with Gasteiger partial charge in [0.15, 0.2) is 17.3 Å². The summed E-state index contributed by atoms with van der Waals surface area (Å²) in [6, 6.07) is 13.5. The number of amides is 1. The molecule has 158 valence electrons.